The van der Waals surface area contributed by atoms with Gasteiger partial charge in [0.05, 0.1) is 5.82 Å². The van der Waals surface area contributed by atoms with E-state index in [1.165, 1.54) is 19.3 Å². The molecule has 0 aromatic heterocycles. The van der Waals surface area contributed by atoms with Crippen LogP contribution in [0, 0.1) is 0 Å². The second-order valence-electron chi connectivity index (χ2n) is 3.32. The van der Waals surface area contributed by atoms with Crippen LogP contribution < -0.4 is 16.4 Å². The van der Waals surface area contributed by atoms with E-state index in [1.54, 1.807) is 0 Å². The van der Waals surface area contributed by atoms with Gasteiger partial charge < -0.3 is 11.1 Å². The Morgan fingerprint density at radius 3 is 2.50 bits per heavy atom. The van der Waals surface area contributed by atoms with Crippen molar-refractivity contribution >= 4 is 6.03 Å². The number of nitrogens with two attached hydrogens (primary N) is 1. The number of amides is 2. The second kappa shape index (κ2) is 8.41. The van der Waals surface area contributed by atoms with E-state index in [4.69, 9.17) is 5.73 Å². The summed E-state index contributed by atoms with van der Waals surface area (Å²) in [7, 11) is 0. The van der Waals surface area contributed by atoms with E-state index >= 15 is 0 Å². The molecule has 14 heavy (non-hydrogen) atoms. The van der Waals surface area contributed by atoms with Gasteiger partial charge in [-0.1, -0.05) is 39.2 Å². The van der Waals surface area contributed by atoms with E-state index in [-0.39, 0.29) is 11.9 Å². The van der Waals surface area contributed by atoms with Gasteiger partial charge in [0, 0.05) is 6.54 Å². The number of nitrogens with one attached hydrogen (secondary N) is 2. The maximum absolute atomic E-state index is 11.0. The Bertz CT molecular complexity index is 180. The summed E-state index contributed by atoms with van der Waals surface area (Å²) in [4.78, 5) is 11.0. The van der Waals surface area contributed by atoms with Crippen LogP contribution in [0.15, 0.2) is 12.4 Å². The lowest BCUT2D eigenvalue weighted by Crippen LogP contribution is -2.37. The first-order chi connectivity index (χ1) is 6.66. The average molecular weight is 199 g/mol. The van der Waals surface area contributed by atoms with E-state index in [0.29, 0.717) is 6.54 Å². The summed E-state index contributed by atoms with van der Waals surface area (Å²) >= 11 is 0. The molecule has 0 aromatic carbocycles. The molecular weight excluding hydrogens is 178 g/mol. The van der Waals surface area contributed by atoms with E-state index in [0.717, 1.165) is 12.8 Å². The number of rotatable bonds is 7. The molecule has 0 rings (SSSR count). The SMILES string of the molecule is C=C(N)NC(=O)NCCCCCCC. The zero-order valence-corrected chi connectivity index (χ0v) is 8.94. The van der Waals surface area contributed by atoms with Crippen molar-refractivity contribution in [2.75, 3.05) is 6.54 Å². The third-order valence-electron chi connectivity index (χ3n) is 1.84. The Labute approximate surface area is 85.9 Å². The lowest BCUT2D eigenvalue weighted by molar-refractivity contribution is 0.243. The Kier molecular flexibility index (Phi) is 7.70. The quantitative estimate of drug-likeness (QED) is 0.546. The molecule has 0 heterocycles. The Morgan fingerprint density at radius 1 is 1.29 bits per heavy atom. The fourth-order valence-electron chi connectivity index (χ4n) is 1.12. The van der Waals surface area contributed by atoms with Crippen LogP contribution in [-0.4, -0.2) is 12.6 Å². The van der Waals surface area contributed by atoms with Crippen molar-refractivity contribution in [1.82, 2.24) is 10.6 Å². The predicted molar refractivity (Wildman–Crippen MR) is 58.6 cm³/mol. The van der Waals surface area contributed by atoms with Gasteiger partial charge in [0.2, 0.25) is 0 Å². The maximum atomic E-state index is 11.0. The molecule has 0 saturated carbocycles. The van der Waals surface area contributed by atoms with Gasteiger partial charge in [-0.15, -0.1) is 0 Å². The molecule has 0 aliphatic carbocycles. The maximum Gasteiger partial charge on any atom is 0.320 e. The molecule has 2 amide bonds. The minimum Gasteiger partial charge on any atom is -0.386 e. The summed E-state index contributed by atoms with van der Waals surface area (Å²) in [6, 6.07) is -0.270. The van der Waals surface area contributed by atoms with Crippen molar-refractivity contribution in [2.24, 2.45) is 5.73 Å². The molecular formula is C10H21N3O. The number of urea groups is 1. The monoisotopic (exact) mass is 199 g/mol. The van der Waals surface area contributed by atoms with Gasteiger partial charge in [0.15, 0.2) is 0 Å². The topological polar surface area (TPSA) is 67.1 Å². The zero-order chi connectivity index (χ0) is 10.8. The van der Waals surface area contributed by atoms with Gasteiger partial charge >= 0.3 is 6.03 Å². The average Bonchev–Trinajstić information content (AvgIpc) is 2.10. The molecule has 0 aliphatic heterocycles. The zero-order valence-electron chi connectivity index (χ0n) is 8.94. The summed E-state index contributed by atoms with van der Waals surface area (Å²) < 4.78 is 0. The molecule has 0 aliphatic rings. The number of unbranched alkanes of at least 4 members (excludes halogenated alkanes) is 4. The standard InChI is InChI=1S/C10H21N3O/c1-3-4-5-6-7-8-12-10(14)13-9(2)11/h2-8,11H2,1H3,(H2,12,13,14). The second-order valence-corrected chi connectivity index (χ2v) is 3.32. The summed E-state index contributed by atoms with van der Waals surface area (Å²) in [5.41, 5.74) is 5.20. The van der Waals surface area contributed by atoms with E-state index < -0.39 is 0 Å². The molecule has 0 unspecified atom stereocenters. The molecule has 0 radical (unpaired) electrons. The molecule has 0 atom stereocenters. The van der Waals surface area contributed by atoms with Gasteiger partial charge in [-0.25, -0.2) is 4.79 Å². The van der Waals surface area contributed by atoms with Crippen molar-refractivity contribution < 1.29 is 4.79 Å². The number of carbonyl (C=O) groups excluding carboxylic acids is 1. The molecule has 4 heteroatoms. The third-order valence-corrected chi connectivity index (χ3v) is 1.84. The van der Waals surface area contributed by atoms with E-state index in [1.807, 2.05) is 0 Å². The predicted octanol–water partition coefficient (Wildman–Crippen LogP) is 1.69. The first kappa shape index (κ1) is 12.8. The lowest BCUT2D eigenvalue weighted by Gasteiger charge is -2.06. The van der Waals surface area contributed by atoms with E-state index in [2.05, 4.69) is 24.1 Å². The van der Waals surface area contributed by atoms with Gasteiger partial charge in [-0.2, -0.15) is 0 Å². The summed E-state index contributed by atoms with van der Waals surface area (Å²) in [6.07, 6.45) is 5.93. The molecule has 0 fully saturated rings. The summed E-state index contributed by atoms with van der Waals surface area (Å²) in [5, 5.41) is 5.08. The fourth-order valence-corrected chi connectivity index (χ4v) is 1.12. The smallest absolute Gasteiger partial charge is 0.320 e. The van der Waals surface area contributed by atoms with Crippen LogP contribution in [0.5, 0.6) is 0 Å². The Hall–Kier alpha value is -1.19. The first-order valence-electron chi connectivity index (χ1n) is 5.16. The highest BCUT2D eigenvalue weighted by Crippen LogP contribution is 2.00. The van der Waals surface area contributed by atoms with Crippen LogP contribution in [0.4, 0.5) is 4.79 Å². The molecule has 0 aromatic rings. The number of carbonyl (C=O) groups is 1. The molecule has 4 nitrogen and oxygen atoms in total. The molecule has 0 saturated heterocycles. The van der Waals surface area contributed by atoms with Crippen molar-refractivity contribution in [2.45, 2.75) is 39.0 Å². The van der Waals surface area contributed by atoms with Crippen LogP contribution in [0.1, 0.15) is 39.0 Å². The highest BCUT2D eigenvalue weighted by molar-refractivity contribution is 5.75. The highest BCUT2D eigenvalue weighted by atomic mass is 16.2. The fraction of sp³-hybridized carbons (Fsp3) is 0.700. The van der Waals surface area contributed by atoms with Gasteiger partial charge in [-0.3, -0.25) is 5.32 Å². The van der Waals surface area contributed by atoms with Crippen LogP contribution in [-0.2, 0) is 0 Å². The first-order valence-corrected chi connectivity index (χ1v) is 5.16. The minimum atomic E-state index is -0.270. The minimum absolute atomic E-state index is 0.175. The molecule has 4 N–H and O–H groups in total. The normalized spacial score (nSPS) is 9.50. The number of hydrogen-bond acceptors (Lipinski definition) is 2. The molecule has 82 valence electrons. The van der Waals surface area contributed by atoms with Crippen LogP contribution in [0.25, 0.3) is 0 Å². The Morgan fingerprint density at radius 2 is 1.93 bits per heavy atom. The number of hydrogen-bond donors (Lipinski definition) is 3. The lowest BCUT2D eigenvalue weighted by atomic mass is 10.1. The highest BCUT2D eigenvalue weighted by Gasteiger charge is 1.97. The van der Waals surface area contributed by atoms with Crippen LogP contribution >= 0.6 is 0 Å². The van der Waals surface area contributed by atoms with Crippen molar-refractivity contribution in [3.05, 3.63) is 12.4 Å². The Balaban J connectivity index is 3.19. The molecule has 0 spiro atoms. The van der Waals surface area contributed by atoms with E-state index in [9.17, 15) is 4.79 Å². The van der Waals surface area contributed by atoms with Gasteiger partial charge in [0.25, 0.3) is 0 Å². The molecule has 0 bridgehead atoms. The van der Waals surface area contributed by atoms with Crippen LogP contribution in [0.3, 0.4) is 0 Å². The van der Waals surface area contributed by atoms with Gasteiger partial charge in [-0.05, 0) is 6.42 Å². The van der Waals surface area contributed by atoms with Crippen molar-refractivity contribution in [3.63, 3.8) is 0 Å². The summed E-state index contributed by atoms with van der Waals surface area (Å²) in [6.45, 7) is 6.25. The largest absolute Gasteiger partial charge is 0.386 e. The van der Waals surface area contributed by atoms with Gasteiger partial charge in [0.1, 0.15) is 0 Å². The third kappa shape index (κ3) is 8.90. The van der Waals surface area contributed by atoms with Crippen LogP contribution in [0.2, 0.25) is 0 Å². The summed E-state index contributed by atoms with van der Waals surface area (Å²) in [5.74, 6) is 0.175. The van der Waals surface area contributed by atoms with Crippen molar-refractivity contribution in [1.29, 1.82) is 0 Å². The van der Waals surface area contributed by atoms with Crippen molar-refractivity contribution in [3.8, 4) is 0 Å².